The van der Waals surface area contributed by atoms with Crippen LogP contribution in [0.2, 0.25) is 0 Å². The molecule has 3 rings (SSSR count). The minimum atomic E-state index is -0.836. The molecule has 3 aromatic rings. The molecular weight excluding hydrogens is 269 g/mol. The van der Waals surface area contributed by atoms with Crippen molar-refractivity contribution in [1.82, 2.24) is 15.2 Å². The molecule has 2 aromatic heterocycles. The van der Waals surface area contributed by atoms with Gasteiger partial charge in [0.1, 0.15) is 11.9 Å². The van der Waals surface area contributed by atoms with Crippen LogP contribution in [0, 0.1) is 12.7 Å². The molecule has 1 aromatic carbocycles. The zero-order valence-electron chi connectivity index (χ0n) is 11.4. The van der Waals surface area contributed by atoms with Crippen LogP contribution in [0.15, 0.2) is 48.9 Å². The first-order valence-electron chi connectivity index (χ1n) is 6.54. The van der Waals surface area contributed by atoms with Crippen molar-refractivity contribution in [3.63, 3.8) is 0 Å². The lowest BCUT2D eigenvalue weighted by molar-refractivity contribution is 0.219. The molecular formula is C16H14FN3O. The Bertz CT molecular complexity index is 752. The average molecular weight is 283 g/mol. The first-order valence-corrected chi connectivity index (χ1v) is 6.54. The molecule has 1 unspecified atom stereocenters. The van der Waals surface area contributed by atoms with Gasteiger partial charge < -0.3 is 5.11 Å². The molecule has 5 heteroatoms. The molecule has 2 heterocycles. The molecule has 106 valence electrons. The van der Waals surface area contributed by atoms with Crippen LogP contribution in [-0.2, 0) is 0 Å². The number of nitrogens with zero attached hydrogens (tertiary/aromatic N) is 2. The fourth-order valence-electron chi connectivity index (χ4n) is 2.28. The second kappa shape index (κ2) is 5.46. The van der Waals surface area contributed by atoms with Gasteiger partial charge in [-0.1, -0.05) is 0 Å². The van der Waals surface area contributed by atoms with Gasteiger partial charge in [-0.05, 0) is 42.8 Å². The molecule has 0 bridgehead atoms. The second-order valence-electron chi connectivity index (χ2n) is 4.84. The topological polar surface area (TPSA) is 61.8 Å². The van der Waals surface area contributed by atoms with E-state index < -0.39 is 6.10 Å². The molecule has 1 atom stereocenters. The minimum absolute atomic E-state index is 0.302. The summed E-state index contributed by atoms with van der Waals surface area (Å²) in [6.07, 6.45) is 4.07. The van der Waals surface area contributed by atoms with Crippen molar-refractivity contribution in [2.75, 3.05) is 0 Å². The van der Waals surface area contributed by atoms with E-state index in [0.29, 0.717) is 11.3 Å². The van der Waals surface area contributed by atoms with E-state index >= 15 is 0 Å². The number of halogens is 1. The maximum atomic E-state index is 13.0. The first-order chi connectivity index (χ1) is 10.2. The quantitative estimate of drug-likeness (QED) is 0.776. The SMILES string of the molecule is Cc1ccncc1C(O)c1cn[nH]c1-c1ccc(F)cc1. The molecule has 0 fully saturated rings. The second-order valence-corrected chi connectivity index (χ2v) is 4.84. The van der Waals surface area contributed by atoms with Crippen LogP contribution < -0.4 is 0 Å². The lowest BCUT2D eigenvalue weighted by Crippen LogP contribution is -2.03. The van der Waals surface area contributed by atoms with Crippen molar-refractivity contribution >= 4 is 0 Å². The van der Waals surface area contributed by atoms with E-state index in [9.17, 15) is 9.50 Å². The number of H-pyrrole nitrogens is 1. The predicted molar refractivity (Wildman–Crippen MR) is 77.0 cm³/mol. The summed E-state index contributed by atoms with van der Waals surface area (Å²) >= 11 is 0. The van der Waals surface area contributed by atoms with Gasteiger partial charge in [0.25, 0.3) is 0 Å². The Kier molecular flexibility index (Phi) is 3.50. The zero-order chi connectivity index (χ0) is 14.8. The lowest BCUT2D eigenvalue weighted by Gasteiger charge is -2.13. The van der Waals surface area contributed by atoms with E-state index in [1.807, 2.05) is 13.0 Å². The fourth-order valence-corrected chi connectivity index (χ4v) is 2.28. The monoisotopic (exact) mass is 283 g/mol. The number of aromatic nitrogens is 3. The molecule has 0 aliphatic carbocycles. The van der Waals surface area contributed by atoms with Gasteiger partial charge in [-0.25, -0.2) is 4.39 Å². The van der Waals surface area contributed by atoms with Crippen molar-refractivity contribution in [1.29, 1.82) is 0 Å². The number of aliphatic hydroxyl groups excluding tert-OH is 1. The third kappa shape index (κ3) is 2.55. The molecule has 4 nitrogen and oxygen atoms in total. The Morgan fingerprint density at radius 1 is 1.10 bits per heavy atom. The highest BCUT2D eigenvalue weighted by Crippen LogP contribution is 2.31. The van der Waals surface area contributed by atoms with Crippen molar-refractivity contribution in [2.45, 2.75) is 13.0 Å². The Morgan fingerprint density at radius 2 is 1.86 bits per heavy atom. The van der Waals surface area contributed by atoms with Gasteiger partial charge in [0.15, 0.2) is 0 Å². The first kappa shape index (κ1) is 13.5. The van der Waals surface area contributed by atoms with Gasteiger partial charge in [-0.3, -0.25) is 10.1 Å². The standard InChI is InChI=1S/C16H14FN3O/c1-10-6-7-18-8-13(10)16(21)14-9-19-20-15(14)11-2-4-12(17)5-3-11/h2-9,16,21H,1H3,(H,19,20). The maximum absolute atomic E-state index is 13.0. The molecule has 0 saturated carbocycles. The summed E-state index contributed by atoms with van der Waals surface area (Å²) in [5.74, 6) is -0.302. The smallest absolute Gasteiger partial charge is 0.123 e. The summed E-state index contributed by atoms with van der Waals surface area (Å²) in [7, 11) is 0. The van der Waals surface area contributed by atoms with Crippen LogP contribution in [0.5, 0.6) is 0 Å². The van der Waals surface area contributed by atoms with Crippen molar-refractivity contribution < 1.29 is 9.50 Å². The van der Waals surface area contributed by atoms with Crippen molar-refractivity contribution in [3.8, 4) is 11.3 Å². The highest BCUT2D eigenvalue weighted by atomic mass is 19.1. The predicted octanol–water partition coefficient (Wildman–Crippen LogP) is 3.00. The highest BCUT2D eigenvalue weighted by Gasteiger charge is 2.19. The highest BCUT2D eigenvalue weighted by molar-refractivity contribution is 5.64. The zero-order valence-corrected chi connectivity index (χ0v) is 11.4. The van der Waals surface area contributed by atoms with Crippen LogP contribution in [0.3, 0.4) is 0 Å². The minimum Gasteiger partial charge on any atom is -0.383 e. The van der Waals surface area contributed by atoms with Gasteiger partial charge in [0, 0.05) is 29.1 Å². The van der Waals surface area contributed by atoms with Gasteiger partial charge >= 0.3 is 0 Å². The summed E-state index contributed by atoms with van der Waals surface area (Å²) in [4.78, 5) is 4.05. The van der Waals surface area contributed by atoms with E-state index in [2.05, 4.69) is 15.2 Å². The third-order valence-electron chi connectivity index (χ3n) is 3.47. The molecule has 2 N–H and O–H groups in total. The van der Waals surface area contributed by atoms with E-state index in [-0.39, 0.29) is 5.82 Å². The van der Waals surface area contributed by atoms with Crippen molar-refractivity contribution in [2.24, 2.45) is 0 Å². The van der Waals surface area contributed by atoms with Gasteiger partial charge in [-0.2, -0.15) is 5.10 Å². The summed E-state index contributed by atoms with van der Waals surface area (Å²) in [5.41, 5.74) is 3.75. The van der Waals surface area contributed by atoms with Crippen LogP contribution in [0.25, 0.3) is 11.3 Å². The number of aliphatic hydroxyl groups is 1. The van der Waals surface area contributed by atoms with E-state index in [1.165, 1.54) is 12.1 Å². The molecule has 0 spiro atoms. The number of aromatic amines is 1. The Morgan fingerprint density at radius 3 is 2.57 bits per heavy atom. The van der Waals surface area contributed by atoms with Crippen LogP contribution in [0.1, 0.15) is 22.8 Å². The lowest BCUT2D eigenvalue weighted by atomic mass is 9.97. The Hall–Kier alpha value is -2.53. The number of hydrogen-bond acceptors (Lipinski definition) is 3. The third-order valence-corrected chi connectivity index (χ3v) is 3.47. The largest absolute Gasteiger partial charge is 0.383 e. The Labute approximate surface area is 121 Å². The average Bonchev–Trinajstić information content (AvgIpc) is 2.97. The normalized spacial score (nSPS) is 12.3. The summed E-state index contributed by atoms with van der Waals surface area (Å²) in [6.45, 7) is 1.91. The molecule has 0 radical (unpaired) electrons. The number of nitrogens with one attached hydrogen (secondary N) is 1. The van der Waals surface area contributed by atoms with E-state index in [1.54, 1.807) is 30.7 Å². The van der Waals surface area contributed by atoms with Gasteiger partial charge in [-0.15, -0.1) is 0 Å². The molecule has 0 aliphatic heterocycles. The summed E-state index contributed by atoms with van der Waals surface area (Å²) < 4.78 is 13.0. The number of hydrogen-bond donors (Lipinski definition) is 2. The van der Waals surface area contributed by atoms with Gasteiger partial charge in [0.2, 0.25) is 0 Å². The number of benzene rings is 1. The number of pyridine rings is 1. The molecule has 0 aliphatic rings. The fraction of sp³-hybridized carbons (Fsp3) is 0.125. The van der Waals surface area contributed by atoms with Crippen LogP contribution in [0.4, 0.5) is 4.39 Å². The maximum Gasteiger partial charge on any atom is 0.123 e. The summed E-state index contributed by atoms with van der Waals surface area (Å²) in [6, 6.07) is 7.89. The number of rotatable bonds is 3. The Balaban J connectivity index is 2.03. The number of aryl methyl sites for hydroxylation is 1. The van der Waals surface area contributed by atoms with E-state index in [4.69, 9.17) is 0 Å². The van der Waals surface area contributed by atoms with Crippen molar-refractivity contribution in [3.05, 3.63) is 71.4 Å². The van der Waals surface area contributed by atoms with Gasteiger partial charge in [0.05, 0.1) is 11.9 Å². The van der Waals surface area contributed by atoms with E-state index in [0.717, 1.165) is 16.7 Å². The molecule has 0 saturated heterocycles. The molecule has 0 amide bonds. The van der Waals surface area contributed by atoms with Crippen LogP contribution in [-0.4, -0.2) is 20.3 Å². The molecule has 21 heavy (non-hydrogen) atoms. The summed E-state index contributed by atoms with van der Waals surface area (Å²) in [5, 5.41) is 17.4. The van der Waals surface area contributed by atoms with Crippen LogP contribution >= 0.6 is 0 Å².